The molecule has 0 radical (unpaired) electrons. The molecule has 1 atom stereocenters. The van der Waals surface area contributed by atoms with Crippen molar-refractivity contribution < 1.29 is 9.84 Å². The maximum atomic E-state index is 9.87. The number of benzene rings is 1. The second-order valence-electron chi connectivity index (χ2n) is 4.37. The zero-order valence-corrected chi connectivity index (χ0v) is 11.0. The van der Waals surface area contributed by atoms with Gasteiger partial charge in [0.05, 0.1) is 12.7 Å². The second-order valence-corrected chi connectivity index (χ2v) is 4.37. The minimum absolute atomic E-state index is 0.415. The zero-order chi connectivity index (χ0) is 12.5. The van der Waals surface area contributed by atoms with Gasteiger partial charge in [-0.05, 0) is 18.9 Å². The minimum Gasteiger partial charge on any atom is -0.493 e. The van der Waals surface area contributed by atoms with E-state index in [-0.39, 0.29) is 0 Å². The molecule has 1 aromatic rings. The van der Waals surface area contributed by atoms with E-state index in [4.69, 9.17) is 4.74 Å². The number of hydrogen-bond donors (Lipinski definition) is 1. The van der Waals surface area contributed by atoms with Crippen LogP contribution < -0.4 is 4.74 Å². The fourth-order valence-electron chi connectivity index (χ4n) is 1.82. The molecule has 0 heterocycles. The van der Waals surface area contributed by atoms with E-state index in [9.17, 15) is 5.11 Å². The molecule has 0 aliphatic rings. The quantitative estimate of drug-likeness (QED) is 0.689. The van der Waals surface area contributed by atoms with Gasteiger partial charge >= 0.3 is 0 Å². The summed E-state index contributed by atoms with van der Waals surface area (Å²) in [7, 11) is 0. The highest BCUT2D eigenvalue weighted by Crippen LogP contribution is 2.26. The highest BCUT2D eigenvalue weighted by atomic mass is 16.5. The lowest BCUT2D eigenvalue weighted by Crippen LogP contribution is -2.03. The van der Waals surface area contributed by atoms with Gasteiger partial charge in [0.15, 0.2) is 0 Å². The van der Waals surface area contributed by atoms with Crippen LogP contribution in [0.5, 0.6) is 5.75 Å². The van der Waals surface area contributed by atoms with Gasteiger partial charge in [-0.15, -0.1) is 0 Å². The Morgan fingerprint density at radius 1 is 1.12 bits per heavy atom. The molecule has 1 rings (SSSR count). The average Bonchev–Trinajstić information content (AvgIpc) is 2.38. The van der Waals surface area contributed by atoms with Crippen molar-refractivity contribution in [3.05, 3.63) is 29.8 Å². The summed E-state index contributed by atoms with van der Waals surface area (Å²) in [5, 5.41) is 9.87. The number of rotatable bonds is 8. The van der Waals surface area contributed by atoms with E-state index in [1.54, 1.807) is 0 Å². The normalized spacial score (nSPS) is 12.4. The van der Waals surface area contributed by atoms with Crippen LogP contribution in [-0.4, -0.2) is 11.7 Å². The van der Waals surface area contributed by atoms with Crippen molar-refractivity contribution in [3.63, 3.8) is 0 Å². The molecule has 96 valence electrons. The van der Waals surface area contributed by atoms with Crippen LogP contribution in [0.1, 0.15) is 57.6 Å². The monoisotopic (exact) mass is 236 g/mol. The van der Waals surface area contributed by atoms with Gasteiger partial charge in [-0.2, -0.15) is 0 Å². The van der Waals surface area contributed by atoms with Crippen molar-refractivity contribution >= 4 is 0 Å². The van der Waals surface area contributed by atoms with Crippen LogP contribution in [-0.2, 0) is 0 Å². The summed E-state index contributed by atoms with van der Waals surface area (Å²) >= 11 is 0. The standard InChI is InChI=1S/C15H24O2/c1-3-5-6-9-12-17-15-11-8-7-10-13(15)14(16)4-2/h7-8,10-11,14,16H,3-6,9,12H2,1-2H3/t14-/m1/s1. The van der Waals surface area contributed by atoms with Crippen molar-refractivity contribution in [1.29, 1.82) is 0 Å². The number of para-hydroxylation sites is 1. The first-order valence-corrected chi connectivity index (χ1v) is 6.69. The smallest absolute Gasteiger partial charge is 0.125 e. The van der Waals surface area contributed by atoms with Crippen LogP contribution >= 0.6 is 0 Å². The number of hydrogen-bond acceptors (Lipinski definition) is 2. The molecule has 0 bridgehead atoms. The average molecular weight is 236 g/mol. The Balaban J connectivity index is 2.46. The Labute approximate surface area is 105 Å². The molecule has 0 saturated heterocycles. The Morgan fingerprint density at radius 2 is 1.88 bits per heavy atom. The zero-order valence-electron chi connectivity index (χ0n) is 11.0. The van der Waals surface area contributed by atoms with Crippen LogP contribution in [0.3, 0.4) is 0 Å². The van der Waals surface area contributed by atoms with Crippen molar-refractivity contribution in [2.45, 2.75) is 52.1 Å². The van der Waals surface area contributed by atoms with Crippen LogP contribution in [0.2, 0.25) is 0 Å². The van der Waals surface area contributed by atoms with Gasteiger partial charge in [-0.3, -0.25) is 0 Å². The molecule has 0 unspecified atom stereocenters. The first-order chi connectivity index (χ1) is 8.29. The molecule has 0 saturated carbocycles. The number of aliphatic hydroxyl groups is 1. The maximum Gasteiger partial charge on any atom is 0.125 e. The summed E-state index contributed by atoms with van der Waals surface area (Å²) < 4.78 is 5.75. The van der Waals surface area contributed by atoms with Crippen molar-refractivity contribution in [2.24, 2.45) is 0 Å². The van der Waals surface area contributed by atoms with E-state index in [0.717, 1.165) is 30.8 Å². The first kappa shape index (κ1) is 14.0. The van der Waals surface area contributed by atoms with Crippen molar-refractivity contribution in [3.8, 4) is 5.75 Å². The lowest BCUT2D eigenvalue weighted by atomic mass is 10.1. The molecule has 2 heteroatoms. The lowest BCUT2D eigenvalue weighted by Gasteiger charge is -2.14. The molecule has 17 heavy (non-hydrogen) atoms. The predicted molar refractivity (Wildman–Crippen MR) is 71.3 cm³/mol. The third-order valence-electron chi connectivity index (χ3n) is 2.92. The van der Waals surface area contributed by atoms with Gasteiger partial charge in [0.25, 0.3) is 0 Å². The Hall–Kier alpha value is -1.02. The Kier molecular flexibility index (Phi) is 6.71. The number of aliphatic hydroxyl groups excluding tert-OH is 1. The van der Waals surface area contributed by atoms with Gasteiger partial charge < -0.3 is 9.84 Å². The van der Waals surface area contributed by atoms with E-state index in [2.05, 4.69) is 6.92 Å². The summed E-state index contributed by atoms with van der Waals surface area (Å²) in [6, 6.07) is 7.77. The van der Waals surface area contributed by atoms with Gasteiger partial charge in [-0.1, -0.05) is 51.3 Å². The summed E-state index contributed by atoms with van der Waals surface area (Å²) in [4.78, 5) is 0. The number of ether oxygens (including phenoxy) is 1. The van der Waals surface area contributed by atoms with Gasteiger partial charge in [0, 0.05) is 5.56 Å². The Bertz CT molecular complexity index is 310. The highest BCUT2D eigenvalue weighted by Gasteiger charge is 2.10. The molecule has 0 amide bonds. The van der Waals surface area contributed by atoms with Crippen LogP contribution in [0.4, 0.5) is 0 Å². The molecule has 0 fully saturated rings. The topological polar surface area (TPSA) is 29.5 Å². The molecule has 1 N–H and O–H groups in total. The lowest BCUT2D eigenvalue weighted by molar-refractivity contribution is 0.167. The summed E-state index contributed by atoms with van der Waals surface area (Å²) in [5.41, 5.74) is 0.908. The fourth-order valence-corrected chi connectivity index (χ4v) is 1.82. The third-order valence-corrected chi connectivity index (χ3v) is 2.92. The van der Waals surface area contributed by atoms with Crippen molar-refractivity contribution in [1.82, 2.24) is 0 Å². The van der Waals surface area contributed by atoms with Gasteiger partial charge in [0.1, 0.15) is 5.75 Å². The molecule has 2 nitrogen and oxygen atoms in total. The third kappa shape index (κ3) is 4.78. The molecule has 0 spiro atoms. The molecular formula is C15H24O2. The van der Waals surface area contributed by atoms with E-state index >= 15 is 0 Å². The van der Waals surface area contributed by atoms with E-state index in [1.807, 2.05) is 31.2 Å². The molecule has 0 aliphatic carbocycles. The van der Waals surface area contributed by atoms with E-state index < -0.39 is 6.10 Å². The summed E-state index contributed by atoms with van der Waals surface area (Å²) in [5.74, 6) is 0.832. The SMILES string of the molecule is CCCCCCOc1ccccc1[C@H](O)CC. The number of unbranched alkanes of at least 4 members (excludes halogenated alkanes) is 3. The maximum absolute atomic E-state index is 9.87. The van der Waals surface area contributed by atoms with E-state index in [0.29, 0.717) is 0 Å². The summed E-state index contributed by atoms with van der Waals surface area (Å²) in [6.07, 6.45) is 5.12. The fraction of sp³-hybridized carbons (Fsp3) is 0.600. The summed E-state index contributed by atoms with van der Waals surface area (Å²) in [6.45, 7) is 4.92. The second kappa shape index (κ2) is 8.13. The highest BCUT2D eigenvalue weighted by molar-refractivity contribution is 5.34. The van der Waals surface area contributed by atoms with Gasteiger partial charge in [0.2, 0.25) is 0 Å². The molecular weight excluding hydrogens is 212 g/mol. The largest absolute Gasteiger partial charge is 0.493 e. The molecule has 0 aliphatic heterocycles. The van der Waals surface area contributed by atoms with Crippen LogP contribution in [0, 0.1) is 0 Å². The van der Waals surface area contributed by atoms with Gasteiger partial charge in [-0.25, -0.2) is 0 Å². The molecule has 1 aromatic carbocycles. The van der Waals surface area contributed by atoms with E-state index in [1.165, 1.54) is 19.3 Å². The molecule has 0 aromatic heterocycles. The first-order valence-electron chi connectivity index (χ1n) is 6.69. The Morgan fingerprint density at radius 3 is 2.59 bits per heavy atom. The van der Waals surface area contributed by atoms with Crippen LogP contribution in [0.15, 0.2) is 24.3 Å². The van der Waals surface area contributed by atoms with Crippen LogP contribution in [0.25, 0.3) is 0 Å². The predicted octanol–water partition coefficient (Wildman–Crippen LogP) is 4.09. The minimum atomic E-state index is -0.415. The van der Waals surface area contributed by atoms with Crippen molar-refractivity contribution in [2.75, 3.05) is 6.61 Å².